The Hall–Kier alpha value is -2.62. The van der Waals surface area contributed by atoms with Gasteiger partial charge in [0.15, 0.2) is 5.78 Å². The number of nitrogens with zero attached hydrogens (tertiary/aromatic N) is 2. The molecule has 0 bridgehead atoms. The molecule has 8 nitrogen and oxygen atoms in total. The molecule has 0 aromatic heterocycles. The minimum absolute atomic E-state index is 0.0410. The molecule has 0 unspecified atom stereocenters. The van der Waals surface area contributed by atoms with E-state index in [0.717, 1.165) is 10.6 Å². The molecule has 0 aliphatic rings. The smallest absolute Gasteiger partial charge is 0.244 e. The third kappa shape index (κ3) is 7.95. The van der Waals surface area contributed by atoms with Crippen molar-refractivity contribution in [3.63, 3.8) is 0 Å². The fourth-order valence-electron chi connectivity index (χ4n) is 3.31. The van der Waals surface area contributed by atoms with Crippen molar-refractivity contribution in [2.45, 2.75) is 39.8 Å². The number of halogens is 2. The standard InChI is InChI=1S/C24H29Cl2N3O5S/c1-5-11-27-24(32)16(2)28(14-19-9-10-20(25)13-22(19)26)23(31)15-29(35(4,33)34)21-8-6-7-18(12-21)17(3)30/h6-10,12-13,16H,5,11,14-15H2,1-4H3,(H,27,32)/t16-/m1/s1. The fourth-order valence-corrected chi connectivity index (χ4v) is 4.62. The Labute approximate surface area is 216 Å². The molecule has 2 aromatic carbocycles. The summed E-state index contributed by atoms with van der Waals surface area (Å²) in [4.78, 5) is 39.3. The Morgan fingerprint density at radius 2 is 1.77 bits per heavy atom. The number of sulfonamides is 1. The SMILES string of the molecule is CCCNC(=O)[C@@H](C)N(Cc1ccc(Cl)cc1Cl)C(=O)CN(c1cccc(C(C)=O)c1)S(C)(=O)=O. The Kier molecular flexibility index (Phi) is 10.1. The van der Waals surface area contributed by atoms with Gasteiger partial charge in [0.05, 0.1) is 11.9 Å². The summed E-state index contributed by atoms with van der Waals surface area (Å²) >= 11 is 12.3. The van der Waals surface area contributed by atoms with Crippen molar-refractivity contribution in [1.29, 1.82) is 0 Å². The van der Waals surface area contributed by atoms with Crippen LogP contribution in [-0.2, 0) is 26.2 Å². The zero-order valence-corrected chi connectivity index (χ0v) is 22.4. The first-order valence-electron chi connectivity index (χ1n) is 10.9. The lowest BCUT2D eigenvalue weighted by atomic mass is 10.1. The molecule has 35 heavy (non-hydrogen) atoms. The quantitative estimate of drug-likeness (QED) is 0.434. The highest BCUT2D eigenvalue weighted by atomic mass is 35.5. The van der Waals surface area contributed by atoms with E-state index in [2.05, 4.69) is 5.32 Å². The number of anilines is 1. The van der Waals surface area contributed by atoms with E-state index in [9.17, 15) is 22.8 Å². The predicted octanol–water partition coefficient (Wildman–Crippen LogP) is 3.91. The van der Waals surface area contributed by atoms with Crippen molar-refractivity contribution >= 4 is 56.5 Å². The largest absolute Gasteiger partial charge is 0.354 e. The number of amides is 2. The van der Waals surface area contributed by atoms with E-state index in [4.69, 9.17) is 23.2 Å². The van der Waals surface area contributed by atoms with Gasteiger partial charge >= 0.3 is 0 Å². The molecule has 0 spiro atoms. The molecule has 0 fully saturated rings. The van der Waals surface area contributed by atoms with Crippen LogP contribution in [0, 0.1) is 0 Å². The topological polar surface area (TPSA) is 104 Å². The lowest BCUT2D eigenvalue weighted by Gasteiger charge is -2.31. The number of rotatable bonds is 11. The Morgan fingerprint density at radius 3 is 2.34 bits per heavy atom. The van der Waals surface area contributed by atoms with E-state index >= 15 is 0 Å². The maximum atomic E-state index is 13.5. The van der Waals surface area contributed by atoms with Gasteiger partial charge in [-0.15, -0.1) is 0 Å². The van der Waals surface area contributed by atoms with Gasteiger partial charge in [0.1, 0.15) is 12.6 Å². The highest BCUT2D eigenvalue weighted by Crippen LogP contribution is 2.24. The summed E-state index contributed by atoms with van der Waals surface area (Å²) in [5.41, 5.74) is 1.02. The second kappa shape index (κ2) is 12.4. The summed E-state index contributed by atoms with van der Waals surface area (Å²) in [5, 5.41) is 3.48. The lowest BCUT2D eigenvalue weighted by molar-refractivity contribution is -0.139. The van der Waals surface area contributed by atoms with Crippen molar-refractivity contribution in [3.8, 4) is 0 Å². The normalized spacial score (nSPS) is 12.1. The van der Waals surface area contributed by atoms with Crippen LogP contribution in [-0.4, -0.2) is 56.3 Å². The zero-order valence-electron chi connectivity index (χ0n) is 20.0. The molecule has 0 heterocycles. The van der Waals surface area contributed by atoms with Gasteiger partial charge in [0, 0.05) is 28.7 Å². The van der Waals surface area contributed by atoms with E-state index < -0.39 is 28.5 Å². The Bertz CT molecular complexity index is 1200. The molecule has 190 valence electrons. The highest BCUT2D eigenvalue weighted by Gasteiger charge is 2.30. The third-order valence-corrected chi connectivity index (χ3v) is 7.02. The number of benzene rings is 2. The van der Waals surface area contributed by atoms with E-state index in [1.165, 1.54) is 30.0 Å². The average molecular weight is 542 g/mol. The number of ketones is 1. The highest BCUT2D eigenvalue weighted by molar-refractivity contribution is 7.92. The minimum Gasteiger partial charge on any atom is -0.354 e. The number of nitrogens with one attached hydrogen (secondary N) is 1. The van der Waals surface area contributed by atoms with Crippen molar-refractivity contribution in [2.24, 2.45) is 0 Å². The summed E-state index contributed by atoms with van der Waals surface area (Å²) in [7, 11) is -3.91. The van der Waals surface area contributed by atoms with Gasteiger partial charge in [0.25, 0.3) is 0 Å². The van der Waals surface area contributed by atoms with Crippen LogP contribution in [0.15, 0.2) is 42.5 Å². The van der Waals surface area contributed by atoms with Crippen LogP contribution in [0.5, 0.6) is 0 Å². The number of hydrogen-bond acceptors (Lipinski definition) is 5. The van der Waals surface area contributed by atoms with Crippen molar-refractivity contribution < 1.29 is 22.8 Å². The van der Waals surface area contributed by atoms with Crippen LogP contribution in [0.4, 0.5) is 5.69 Å². The third-order valence-electron chi connectivity index (χ3n) is 5.29. The van der Waals surface area contributed by atoms with Crippen molar-refractivity contribution in [3.05, 3.63) is 63.6 Å². The summed E-state index contributed by atoms with van der Waals surface area (Å²) in [6.45, 7) is 4.65. The Morgan fingerprint density at radius 1 is 1.09 bits per heavy atom. The van der Waals surface area contributed by atoms with Gasteiger partial charge in [-0.1, -0.05) is 48.3 Å². The monoisotopic (exact) mass is 541 g/mol. The van der Waals surface area contributed by atoms with Crippen LogP contribution in [0.25, 0.3) is 0 Å². The maximum absolute atomic E-state index is 13.5. The van der Waals surface area contributed by atoms with E-state index in [-0.39, 0.29) is 23.9 Å². The van der Waals surface area contributed by atoms with E-state index in [0.29, 0.717) is 34.1 Å². The molecule has 2 amide bonds. The van der Waals surface area contributed by atoms with Gasteiger partial charge in [-0.05, 0) is 50.1 Å². The van der Waals surface area contributed by atoms with Gasteiger partial charge in [-0.2, -0.15) is 0 Å². The Balaban J connectivity index is 2.44. The van der Waals surface area contributed by atoms with Crippen LogP contribution in [0.3, 0.4) is 0 Å². The second-order valence-corrected chi connectivity index (χ2v) is 10.9. The maximum Gasteiger partial charge on any atom is 0.244 e. The zero-order chi connectivity index (χ0) is 26.3. The summed E-state index contributed by atoms with van der Waals surface area (Å²) in [5.74, 6) is -1.24. The molecule has 0 aliphatic heterocycles. The number of Topliss-reactive ketones (excluding diaryl/α,β-unsaturated/α-hetero) is 1. The van der Waals surface area contributed by atoms with E-state index in [1.54, 1.807) is 31.2 Å². The van der Waals surface area contributed by atoms with Crippen LogP contribution < -0.4 is 9.62 Å². The molecule has 0 radical (unpaired) electrons. The van der Waals surface area contributed by atoms with Gasteiger partial charge in [0.2, 0.25) is 21.8 Å². The first kappa shape index (κ1) is 28.6. The molecular weight excluding hydrogens is 513 g/mol. The summed E-state index contributed by atoms with van der Waals surface area (Å²) < 4.78 is 26.2. The molecule has 2 aromatic rings. The molecule has 0 saturated carbocycles. The number of carbonyl (C=O) groups is 3. The van der Waals surface area contributed by atoms with Crippen molar-refractivity contribution in [1.82, 2.24) is 10.2 Å². The fraction of sp³-hybridized carbons (Fsp3) is 0.375. The van der Waals surface area contributed by atoms with Crippen molar-refractivity contribution in [2.75, 3.05) is 23.7 Å². The first-order valence-corrected chi connectivity index (χ1v) is 13.5. The summed E-state index contributed by atoms with van der Waals surface area (Å²) in [6.07, 6.45) is 1.68. The van der Waals surface area contributed by atoms with Gasteiger partial charge < -0.3 is 10.2 Å². The molecule has 11 heteroatoms. The van der Waals surface area contributed by atoms with Crippen LogP contribution in [0.2, 0.25) is 10.0 Å². The van der Waals surface area contributed by atoms with Gasteiger partial charge in [-0.25, -0.2) is 8.42 Å². The molecular formula is C24H29Cl2N3O5S. The second-order valence-electron chi connectivity index (χ2n) is 8.10. The lowest BCUT2D eigenvalue weighted by Crippen LogP contribution is -2.51. The first-order chi connectivity index (χ1) is 16.3. The molecule has 1 N–H and O–H groups in total. The molecule has 0 aliphatic carbocycles. The predicted molar refractivity (Wildman–Crippen MR) is 138 cm³/mol. The van der Waals surface area contributed by atoms with Crippen LogP contribution >= 0.6 is 23.2 Å². The minimum atomic E-state index is -3.91. The number of hydrogen-bond donors (Lipinski definition) is 1. The molecule has 0 saturated heterocycles. The van der Waals surface area contributed by atoms with Crippen LogP contribution in [0.1, 0.15) is 43.1 Å². The molecule has 1 atom stereocenters. The van der Waals surface area contributed by atoms with Gasteiger partial charge in [-0.3, -0.25) is 18.7 Å². The average Bonchev–Trinajstić information content (AvgIpc) is 2.79. The molecule has 2 rings (SSSR count). The summed E-state index contributed by atoms with van der Waals surface area (Å²) in [6, 6.07) is 9.89. The van der Waals surface area contributed by atoms with E-state index in [1.807, 2.05) is 6.92 Å². The number of carbonyl (C=O) groups excluding carboxylic acids is 3.